The fraction of sp³-hybridized carbons (Fsp3) is 0.364. The van der Waals surface area contributed by atoms with Crippen molar-refractivity contribution in [2.24, 2.45) is 4.99 Å². The molecule has 3 rings (SSSR count). The number of hydrogen-bond donors (Lipinski definition) is 1. The van der Waals surface area contributed by atoms with Gasteiger partial charge in [-0.1, -0.05) is 60.7 Å². The van der Waals surface area contributed by atoms with Crippen molar-refractivity contribution in [2.45, 2.75) is 44.7 Å². The molecule has 0 radical (unpaired) electrons. The molecule has 0 aromatic heterocycles. The first kappa shape index (κ1) is 19.3. The monoisotopic (exact) mass is 367 g/mol. The molecule has 2 aromatic carbocycles. The van der Waals surface area contributed by atoms with E-state index < -0.39 is 5.97 Å². The Morgan fingerprint density at radius 3 is 2.15 bits per heavy atom. The zero-order valence-corrected chi connectivity index (χ0v) is 15.3. The largest absolute Gasteiger partial charge is 0.481 e. The molecular weight excluding hydrogens is 342 g/mol. The number of aliphatic carboxylic acids is 1. The van der Waals surface area contributed by atoms with E-state index in [1.165, 1.54) is 0 Å². The molecule has 0 fully saturated rings. The molecule has 1 unspecified atom stereocenters. The van der Waals surface area contributed by atoms with E-state index in [2.05, 4.69) is 4.99 Å². The van der Waals surface area contributed by atoms with Crippen LogP contribution in [0.5, 0.6) is 0 Å². The Balaban J connectivity index is 1.59. The Labute approximate surface area is 159 Å². The highest BCUT2D eigenvalue weighted by Crippen LogP contribution is 2.21. The molecule has 0 amide bonds. The predicted octanol–water partition coefficient (Wildman–Crippen LogP) is 3.87. The molecule has 1 aliphatic rings. The zero-order chi connectivity index (χ0) is 18.9. The molecule has 1 heterocycles. The van der Waals surface area contributed by atoms with Gasteiger partial charge >= 0.3 is 5.97 Å². The second-order valence-electron chi connectivity index (χ2n) is 6.63. The molecule has 27 heavy (non-hydrogen) atoms. The van der Waals surface area contributed by atoms with Crippen LogP contribution in [0.25, 0.3) is 0 Å². The number of nitrogens with zero attached hydrogens (tertiary/aromatic N) is 1. The maximum Gasteiger partial charge on any atom is 0.303 e. The molecule has 0 saturated heterocycles. The van der Waals surface area contributed by atoms with Crippen LogP contribution in [0.3, 0.4) is 0 Å². The van der Waals surface area contributed by atoms with Crippen LogP contribution in [0.1, 0.15) is 30.4 Å². The standard InChI is InChI=1S/C22H25NO4/c24-21(25)13-7-12-19-22(27-16-18-10-5-2-6-11-18)20(14-23-19)26-15-17-8-3-1-4-9-17/h1-6,8-11,20,22H,7,12-16H2,(H,24,25)/t20-,22?/m1/s1. The molecular formula is C22H25NO4. The number of carboxylic acid groups (broad SMARTS) is 1. The molecule has 5 nitrogen and oxygen atoms in total. The minimum absolute atomic E-state index is 0.139. The van der Waals surface area contributed by atoms with E-state index in [4.69, 9.17) is 14.6 Å². The fourth-order valence-electron chi connectivity index (χ4n) is 3.13. The van der Waals surface area contributed by atoms with Gasteiger partial charge in [0.05, 0.1) is 19.8 Å². The fourth-order valence-corrected chi connectivity index (χ4v) is 3.13. The van der Waals surface area contributed by atoms with Crippen LogP contribution in [0.4, 0.5) is 0 Å². The maximum atomic E-state index is 10.8. The van der Waals surface area contributed by atoms with Crippen LogP contribution >= 0.6 is 0 Å². The summed E-state index contributed by atoms with van der Waals surface area (Å²) in [5, 5.41) is 8.87. The maximum absolute atomic E-state index is 10.8. The highest BCUT2D eigenvalue weighted by molar-refractivity contribution is 5.91. The lowest BCUT2D eigenvalue weighted by atomic mass is 10.1. The number of rotatable bonds is 10. The number of benzene rings is 2. The third-order valence-corrected chi connectivity index (χ3v) is 4.54. The van der Waals surface area contributed by atoms with E-state index in [1.807, 2.05) is 60.7 Å². The average molecular weight is 367 g/mol. The Morgan fingerprint density at radius 1 is 0.963 bits per heavy atom. The van der Waals surface area contributed by atoms with Gasteiger partial charge in [0.15, 0.2) is 0 Å². The third kappa shape index (κ3) is 6.01. The Morgan fingerprint density at radius 2 is 1.56 bits per heavy atom. The first-order valence-corrected chi connectivity index (χ1v) is 9.28. The zero-order valence-electron chi connectivity index (χ0n) is 15.3. The van der Waals surface area contributed by atoms with Gasteiger partial charge in [0.25, 0.3) is 0 Å². The van der Waals surface area contributed by atoms with Crippen molar-refractivity contribution < 1.29 is 19.4 Å². The van der Waals surface area contributed by atoms with Crippen molar-refractivity contribution in [3.63, 3.8) is 0 Å². The van der Waals surface area contributed by atoms with Crippen LogP contribution in [-0.4, -0.2) is 35.5 Å². The Hall–Kier alpha value is -2.50. The van der Waals surface area contributed by atoms with E-state index in [-0.39, 0.29) is 18.6 Å². The van der Waals surface area contributed by atoms with Crippen molar-refractivity contribution in [3.8, 4) is 0 Å². The first-order valence-electron chi connectivity index (χ1n) is 9.28. The minimum atomic E-state index is -0.785. The normalized spacial score (nSPS) is 19.0. The number of carboxylic acids is 1. The lowest BCUT2D eigenvalue weighted by Gasteiger charge is -2.22. The second-order valence-corrected chi connectivity index (χ2v) is 6.63. The van der Waals surface area contributed by atoms with E-state index in [0.29, 0.717) is 32.6 Å². The van der Waals surface area contributed by atoms with Gasteiger partial charge in [-0.25, -0.2) is 0 Å². The van der Waals surface area contributed by atoms with Crippen molar-refractivity contribution in [3.05, 3.63) is 71.8 Å². The van der Waals surface area contributed by atoms with Gasteiger partial charge in [0.2, 0.25) is 0 Å². The summed E-state index contributed by atoms with van der Waals surface area (Å²) in [6.45, 7) is 1.54. The quantitative estimate of drug-likeness (QED) is 0.692. The average Bonchev–Trinajstić information content (AvgIpc) is 3.08. The predicted molar refractivity (Wildman–Crippen MR) is 104 cm³/mol. The summed E-state index contributed by atoms with van der Waals surface area (Å²) in [4.78, 5) is 15.4. The molecule has 5 heteroatoms. The number of hydrogen-bond acceptors (Lipinski definition) is 4. The van der Waals surface area contributed by atoms with Crippen molar-refractivity contribution in [1.82, 2.24) is 0 Å². The highest BCUT2D eigenvalue weighted by atomic mass is 16.5. The first-order chi connectivity index (χ1) is 13.2. The van der Waals surface area contributed by atoms with Gasteiger partial charge in [-0.3, -0.25) is 9.79 Å². The number of carbonyl (C=O) groups is 1. The summed E-state index contributed by atoms with van der Waals surface area (Å²) >= 11 is 0. The third-order valence-electron chi connectivity index (χ3n) is 4.54. The van der Waals surface area contributed by atoms with Crippen molar-refractivity contribution >= 4 is 11.7 Å². The topological polar surface area (TPSA) is 68.1 Å². The van der Waals surface area contributed by atoms with Gasteiger partial charge in [0, 0.05) is 12.1 Å². The molecule has 142 valence electrons. The van der Waals surface area contributed by atoms with E-state index >= 15 is 0 Å². The molecule has 0 saturated carbocycles. The van der Waals surface area contributed by atoms with Crippen LogP contribution in [0, 0.1) is 0 Å². The summed E-state index contributed by atoms with van der Waals surface area (Å²) in [5.74, 6) is -0.785. The van der Waals surface area contributed by atoms with Gasteiger partial charge in [-0.05, 0) is 24.0 Å². The van der Waals surface area contributed by atoms with Crippen LogP contribution < -0.4 is 0 Å². The molecule has 0 bridgehead atoms. The number of ether oxygens (including phenoxy) is 2. The van der Waals surface area contributed by atoms with E-state index in [0.717, 1.165) is 16.8 Å². The second kappa shape index (κ2) is 10.00. The van der Waals surface area contributed by atoms with Gasteiger partial charge < -0.3 is 14.6 Å². The molecule has 1 N–H and O–H groups in total. The summed E-state index contributed by atoms with van der Waals surface area (Å²) in [7, 11) is 0. The summed E-state index contributed by atoms with van der Waals surface area (Å²) in [6, 6.07) is 20.0. The summed E-state index contributed by atoms with van der Waals surface area (Å²) in [6.07, 6.45) is 0.943. The Bertz CT molecular complexity index is 745. The smallest absolute Gasteiger partial charge is 0.303 e. The summed E-state index contributed by atoms with van der Waals surface area (Å²) < 4.78 is 12.2. The van der Waals surface area contributed by atoms with Crippen LogP contribution in [0.2, 0.25) is 0 Å². The van der Waals surface area contributed by atoms with Gasteiger partial charge in [-0.2, -0.15) is 0 Å². The van der Waals surface area contributed by atoms with E-state index in [1.54, 1.807) is 0 Å². The molecule has 0 spiro atoms. The lowest BCUT2D eigenvalue weighted by molar-refractivity contribution is -0.137. The minimum Gasteiger partial charge on any atom is -0.481 e. The molecule has 0 aliphatic carbocycles. The molecule has 2 aromatic rings. The lowest BCUT2D eigenvalue weighted by Crippen LogP contribution is -2.35. The van der Waals surface area contributed by atoms with Crippen molar-refractivity contribution in [2.75, 3.05) is 6.54 Å². The van der Waals surface area contributed by atoms with Crippen molar-refractivity contribution in [1.29, 1.82) is 0 Å². The Kier molecular flexibility index (Phi) is 7.13. The van der Waals surface area contributed by atoms with Crippen LogP contribution in [-0.2, 0) is 27.5 Å². The summed E-state index contributed by atoms with van der Waals surface area (Å²) in [5.41, 5.74) is 3.11. The molecule has 2 atom stereocenters. The van der Waals surface area contributed by atoms with Crippen LogP contribution in [0.15, 0.2) is 65.7 Å². The van der Waals surface area contributed by atoms with Gasteiger partial charge in [-0.15, -0.1) is 0 Å². The SMILES string of the molecule is O=C(O)CCCC1=NC[C@@H](OCc2ccccc2)C1OCc1ccccc1. The highest BCUT2D eigenvalue weighted by Gasteiger charge is 2.33. The molecule has 1 aliphatic heterocycles. The van der Waals surface area contributed by atoms with E-state index in [9.17, 15) is 4.79 Å². The number of aliphatic imine (C=N–C) groups is 1. The van der Waals surface area contributed by atoms with Gasteiger partial charge in [0.1, 0.15) is 12.2 Å².